The van der Waals surface area contributed by atoms with Crippen molar-refractivity contribution in [1.29, 1.82) is 0 Å². The number of hydrogen-bond acceptors (Lipinski definition) is 3. The van der Waals surface area contributed by atoms with Gasteiger partial charge in [-0.1, -0.05) is 42.5 Å². The Labute approximate surface area is 164 Å². The molecule has 1 saturated heterocycles. The zero-order valence-electron chi connectivity index (χ0n) is 15.9. The van der Waals surface area contributed by atoms with E-state index in [1.165, 1.54) is 5.56 Å². The molecule has 3 aromatic rings. The van der Waals surface area contributed by atoms with Gasteiger partial charge in [0.05, 0.1) is 13.7 Å². The van der Waals surface area contributed by atoms with Crippen LogP contribution in [0.5, 0.6) is 5.75 Å². The molecule has 0 atom stereocenters. The molecule has 0 aliphatic carbocycles. The summed E-state index contributed by atoms with van der Waals surface area (Å²) >= 11 is 0. The van der Waals surface area contributed by atoms with Gasteiger partial charge in [0.1, 0.15) is 11.4 Å². The maximum atomic E-state index is 12.3. The van der Waals surface area contributed by atoms with Crippen LogP contribution in [0.2, 0.25) is 0 Å². The number of carbonyl (C=O) groups is 1. The highest BCUT2D eigenvalue weighted by atomic mass is 16.5. The fraction of sp³-hybridized carbons (Fsp3) is 0.217. The highest BCUT2D eigenvalue weighted by Crippen LogP contribution is 2.31. The predicted octanol–water partition coefficient (Wildman–Crippen LogP) is 3.85. The average Bonchev–Trinajstić information content (AvgIpc) is 3.08. The molecular formula is C23H23N3O2. The molecule has 0 saturated carbocycles. The number of para-hydroxylation sites is 1. The molecule has 1 aliphatic rings. The third-order valence-electron chi connectivity index (χ3n) is 4.91. The summed E-state index contributed by atoms with van der Waals surface area (Å²) in [5.41, 5.74) is 3.78. The molecule has 1 fully saturated rings. The Kier molecular flexibility index (Phi) is 5.24. The van der Waals surface area contributed by atoms with Crippen LogP contribution < -0.4 is 4.74 Å². The molecule has 0 N–H and O–H groups in total. The van der Waals surface area contributed by atoms with Crippen LogP contribution in [0.15, 0.2) is 66.9 Å². The van der Waals surface area contributed by atoms with Crippen LogP contribution in [0, 0.1) is 0 Å². The molecule has 0 radical (unpaired) electrons. The van der Waals surface area contributed by atoms with Crippen LogP contribution in [0.3, 0.4) is 0 Å². The van der Waals surface area contributed by atoms with Crippen molar-refractivity contribution in [3.8, 4) is 17.0 Å². The molecule has 0 bridgehead atoms. The summed E-state index contributed by atoms with van der Waals surface area (Å²) in [7, 11) is 1.66. The summed E-state index contributed by atoms with van der Waals surface area (Å²) in [5.74, 6) is 0.809. The first-order valence-electron chi connectivity index (χ1n) is 9.46. The number of aromatic nitrogens is 2. The fourth-order valence-corrected chi connectivity index (χ4v) is 3.26. The molecule has 2 heterocycles. The van der Waals surface area contributed by atoms with E-state index in [2.05, 4.69) is 12.1 Å². The lowest BCUT2D eigenvalue weighted by Gasteiger charge is -2.29. The van der Waals surface area contributed by atoms with Gasteiger partial charge in [0.25, 0.3) is 0 Å². The van der Waals surface area contributed by atoms with Gasteiger partial charge >= 0.3 is 0 Å². The molecule has 5 nitrogen and oxygen atoms in total. The van der Waals surface area contributed by atoms with Crippen molar-refractivity contribution in [2.75, 3.05) is 20.2 Å². The van der Waals surface area contributed by atoms with E-state index < -0.39 is 0 Å². The first kappa shape index (κ1) is 18.0. The Bertz CT molecular complexity index is 988. The number of rotatable bonds is 6. The van der Waals surface area contributed by atoms with E-state index in [-0.39, 0.29) is 5.91 Å². The largest absolute Gasteiger partial charge is 0.496 e. The summed E-state index contributed by atoms with van der Waals surface area (Å²) in [4.78, 5) is 14.1. The lowest BCUT2D eigenvalue weighted by Crippen LogP contribution is -2.40. The van der Waals surface area contributed by atoms with Gasteiger partial charge in [0.15, 0.2) is 0 Å². The molecular weight excluding hydrogens is 350 g/mol. The third kappa shape index (κ3) is 3.83. The number of amides is 1. The average molecular weight is 373 g/mol. The first-order valence-corrected chi connectivity index (χ1v) is 9.46. The van der Waals surface area contributed by atoms with Gasteiger partial charge in [-0.05, 0) is 30.2 Å². The topological polar surface area (TPSA) is 47.4 Å². The van der Waals surface area contributed by atoms with E-state index in [9.17, 15) is 4.79 Å². The van der Waals surface area contributed by atoms with E-state index in [0.717, 1.165) is 42.1 Å². The summed E-state index contributed by atoms with van der Waals surface area (Å²) < 4.78 is 7.43. The van der Waals surface area contributed by atoms with Crippen molar-refractivity contribution in [3.63, 3.8) is 0 Å². The zero-order chi connectivity index (χ0) is 19.3. The standard InChI is InChI=1S/C23H23N3O2/c1-28-21-11-6-5-10-20(21)23-19(12-13-22(27)25-14-7-15-25)17-26(24-23)16-18-8-3-2-4-9-18/h2-6,8-13,17H,7,14-16H2,1H3. The number of likely N-dealkylation sites (tertiary alicyclic amines) is 1. The van der Waals surface area contributed by atoms with Gasteiger partial charge in [0, 0.05) is 36.5 Å². The van der Waals surface area contributed by atoms with Crippen LogP contribution in [-0.2, 0) is 11.3 Å². The number of methoxy groups -OCH3 is 1. The molecule has 5 heteroatoms. The van der Waals surface area contributed by atoms with E-state index in [4.69, 9.17) is 9.84 Å². The van der Waals surface area contributed by atoms with Gasteiger partial charge in [-0.25, -0.2) is 0 Å². The second kappa shape index (κ2) is 8.13. The SMILES string of the molecule is COc1ccccc1-c1nn(Cc2ccccc2)cc1C=CC(=O)N1CCC1. The molecule has 28 heavy (non-hydrogen) atoms. The number of ether oxygens (including phenoxy) is 1. The van der Waals surface area contributed by atoms with Crippen LogP contribution in [0.1, 0.15) is 17.5 Å². The third-order valence-corrected chi connectivity index (χ3v) is 4.91. The van der Waals surface area contributed by atoms with Gasteiger partial charge < -0.3 is 9.64 Å². The Morgan fingerprint density at radius 1 is 1.11 bits per heavy atom. The minimum atomic E-state index is 0.0491. The Balaban J connectivity index is 1.69. The van der Waals surface area contributed by atoms with Crippen molar-refractivity contribution in [1.82, 2.24) is 14.7 Å². The first-order chi connectivity index (χ1) is 13.7. The Morgan fingerprint density at radius 3 is 2.57 bits per heavy atom. The molecule has 2 aromatic carbocycles. The Hall–Kier alpha value is -3.34. The Morgan fingerprint density at radius 2 is 1.86 bits per heavy atom. The molecule has 1 aromatic heterocycles. The van der Waals surface area contributed by atoms with E-state index in [0.29, 0.717) is 6.54 Å². The minimum absolute atomic E-state index is 0.0491. The maximum Gasteiger partial charge on any atom is 0.246 e. The summed E-state index contributed by atoms with van der Waals surface area (Å²) in [6.45, 7) is 2.35. The second-order valence-electron chi connectivity index (χ2n) is 6.83. The van der Waals surface area contributed by atoms with Crippen molar-refractivity contribution >= 4 is 12.0 Å². The minimum Gasteiger partial charge on any atom is -0.496 e. The van der Waals surface area contributed by atoms with Crippen LogP contribution in [0.25, 0.3) is 17.3 Å². The van der Waals surface area contributed by atoms with Crippen LogP contribution >= 0.6 is 0 Å². The molecule has 0 unspecified atom stereocenters. The smallest absolute Gasteiger partial charge is 0.246 e. The normalized spacial score (nSPS) is 13.5. The maximum absolute atomic E-state index is 12.3. The lowest BCUT2D eigenvalue weighted by atomic mass is 10.1. The predicted molar refractivity (Wildman–Crippen MR) is 110 cm³/mol. The highest BCUT2D eigenvalue weighted by molar-refractivity contribution is 5.93. The van der Waals surface area contributed by atoms with Crippen LogP contribution in [-0.4, -0.2) is 40.8 Å². The molecule has 1 aliphatic heterocycles. The van der Waals surface area contributed by atoms with Crippen molar-refractivity contribution in [2.24, 2.45) is 0 Å². The lowest BCUT2D eigenvalue weighted by molar-refractivity contribution is -0.129. The van der Waals surface area contributed by atoms with E-state index >= 15 is 0 Å². The quantitative estimate of drug-likeness (QED) is 0.617. The number of benzene rings is 2. The van der Waals surface area contributed by atoms with Gasteiger partial charge in [-0.2, -0.15) is 5.10 Å². The van der Waals surface area contributed by atoms with E-state index in [1.54, 1.807) is 13.2 Å². The van der Waals surface area contributed by atoms with Crippen molar-refractivity contribution in [2.45, 2.75) is 13.0 Å². The van der Waals surface area contributed by atoms with Crippen LogP contribution in [0.4, 0.5) is 0 Å². The van der Waals surface area contributed by atoms with Crippen molar-refractivity contribution in [3.05, 3.63) is 78.0 Å². The molecule has 0 spiro atoms. The molecule has 142 valence electrons. The van der Waals surface area contributed by atoms with Gasteiger partial charge in [-0.15, -0.1) is 0 Å². The molecule has 4 rings (SSSR count). The summed E-state index contributed by atoms with van der Waals surface area (Å²) in [6.07, 6.45) is 6.56. The number of nitrogens with zero attached hydrogens (tertiary/aromatic N) is 3. The fourth-order valence-electron chi connectivity index (χ4n) is 3.26. The van der Waals surface area contributed by atoms with E-state index in [1.807, 2.05) is 64.3 Å². The number of carbonyl (C=O) groups excluding carboxylic acids is 1. The zero-order valence-corrected chi connectivity index (χ0v) is 15.9. The monoisotopic (exact) mass is 373 g/mol. The second-order valence-corrected chi connectivity index (χ2v) is 6.83. The molecule has 1 amide bonds. The number of hydrogen-bond donors (Lipinski definition) is 0. The highest BCUT2D eigenvalue weighted by Gasteiger charge is 2.18. The van der Waals surface area contributed by atoms with Crippen molar-refractivity contribution < 1.29 is 9.53 Å². The summed E-state index contributed by atoms with van der Waals surface area (Å²) in [5, 5.41) is 4.80. The summed E-state index contributed by atoms with van der Waals surface area (Å²) in [6, 6.07) is 18.0. The van der Waals surface area contributed by atoms with Gasteiger partial charge in [-0.3, -0.25) is 9.48 Å². The van der Waals surface area contributed by atoms with Gasteiger partial charge in [0.2, 0.25) is 5.91 Å².